The second kappa shape index (κ2) is 5.72. The zero-order chi connectivity index (χ0) is 10.4. The fourth-order valence-electron chi connectivity index (χ4n) is 0.983. The highest BCUT2D eigenvalue weighted by Gasteiger charge is 2.01. The SMILES string of the molecule is Cc1nc(COCCNC(C)C)no1. The molecule has 5 heteroatoms. The molecule has 0 aliphatic heterocycles. The number of aryl methyl sites for hydroxylation is 1. The molecule has 0 amide bonds. The molecular formula is C9H17N3O2. The van der Waals surface area contributed by atoms with E-state index in [1.807, 2.05) is 0 Å². The summed E-state index contributed by atoms with van der Waals surface area (Å²) in [5.74, 6) is 1.18. The Morgan fingerprint density at radius 2 is 2.29 bits per heavy atom. The third-order valence-corrected chi connectivity index (χ3v) is 1.60. The molecule has 0 saturated carbocycles. The van der Waals surface area contributed by atoms with Crippen LogP contribution in [0.5, 0.6) is 0 Å². The van der Waals surface area contributed by atoms with Crippen molar-refractivity contribution >= 4 is 0 Å². The Bertz CT molecular complexity index is 260. The lowest BCUT2D eigenvalue weighted by Crippen LogP contribution is -2.26. The normalized spacial score (nSPS) is 11.1. The Hall–Kier alpha value is -0.940. The van der Waals surface area contributed by atoms with Gasteiger partial charge in [0.05, 0.1) is 6.61 Å². The van der Waals surface area contributed by atoms with E-state index in [9.17, 15) is 0 Å². The molecule has 0 aliphatic rings. The Labute approximate surface area is 83.8 Å². The van der Waals surface area contributed by atoms with Crippen molar-refractivity contribution in [1.29, 1.82) is 0 Å². The van der Waals surface area contributed by atoms with Crippen molar-refractivity contribution in [3.63, 3.8) is 0 Å². The fourth-order valence-corrected chi connectivity index (χ4v) is 0.983. The van der Waals surface area contributed by atoms with Crippen molar-refractivity contribution in [2.75, 3.05) is 13.2 Å². The van der Waals surface area contributed by atoms with Gasteiger partial charge in [0.1, 0.15) is 6.61 Å². The van der Waals surface area contributed by atoms with Crippen LogP contribution in [0.2, 0.25) is 0 Å². The van der Waals surface area contributed by atoms with Gasteiger partial charge in [0.2, 0.25) is 5.89 Å². The molecule has 1 aromatic rings. The Morgan fingerprint density at radius 1 is 1.50 bits per heavy atom. The number of aromatic nitrogens is 2. The van der Waals surface area contributed by atoms with E-state index in [2.05, 4.69) is 29.3 Å². The number of nitrogens with zero attached hydrogens (tertiary/aromatic N) is 2. The van der Waals surface area contributed by atoms with E-state index >= 15 is 0 Å². The van der Waals surface area contributed by atoms with Gasteiger partial charge in [0.25, 0.3) is 0 Å². The highest BCUT2D eigenvalue weighted by Crippen LogP contribution is 1.96. The maximum Gasteiger partial charge on any atom is 0.223 e. The van der Waals surface area contributed by atoms with Crippen molar-refractivity contribution in [2.24, 2.45) is 0 Å². The summed E-state index contributed by atoms with van der Waals surface area (Å²) in [6.45, 7) is 7.87. The Morgan fingerprint density at radius 3 is 2.86 bits per heavy atom. The van der Waals surface area contributed by atoms with Crippen molar-refractivity contribution < 1.29 is 9.26 Å². The lowest BCUT2D eigenvalue weighted by molar-refractivity contribution is 0.114. The average Bonchev–Trinajstić information content (AvgIpc) is 2.50. The van der Waals surface area contributed by atoms with E-state index in [0.717, 1.165) is 6.54 Å². The van der Waals surface area contributed by atoms with Crippen LogP contribution in [0, 0.1) is 6.92 Å². The summed E-state index contributed by atoms with van der Waals surface area (Å²) in [6, 6.07) is 0.492. The highest BCUT2D eigenvalue weighted by molar-refractivity contribution is 4.80. The zero-order valence-electron chi connectivity index (χ0n) is 8.91. The van der Waals surface area contributed by atoms with Gasteiger partial charge in [-0.2, -0.15) is 4.98 Å². The Kier molecular flexibility index (Phi) is 4.55. The van der Waals surface area contributed by atoms with Gasteiger partial charge in [-0.25, -0.2) is 0 Å². The third kappa shape index (κ3) is 4.34. The first-order valence-corrected chi connectivity index (χ1v) is 4.79. The minimum absolute atomic E-state index is 0.414. The van der Waals surface area contributed by atoms with Gasteiger partial charge < -0.3 is 14.6 Å². The predicted molar refractivity (Wildman–Crippen MR) is 51.8 cm³/mol. The summed E-state index contributed by atoms with van der Waals surface area (Å²) < 4.78 is 10.1. The molecule has 1 rings (SSSR count). The van der Waals surface area contributed by atoms with Gasteiger partial charge in [-0.05, 0) is 0 Å². The number of hydrogen-bond acceptors (Lipinski definition) is 5. The largest absolute Gasteiger partial charge is 0.372 e. The molecule has 0 fully saturated rings. The zero-order valence-corrected chi connectivity index (χ0v) is 8.91. The van der Waals surface area contributed by atoms with E-state index < -0.39 is 0 Å². The molecule has 1 aromatic heterocycles. The Balaban J connectivity index is 2.04. The van der Waals surface area contributed by atoms with Crippen LogP contribution in [0.3, 0.4) is 0 Å². The molecule has 0 unspecified atom stereocenters. The number of nitrogens with one attached hydrogen (secondary N) is 1. The van der Waals surface area contributed by atoms with Crippen LogP contribution in [-0.4, -0.2) is 29.3 Å². The van der Waals surface area contributed by atoms with Crippen LogP contribution < -0.4 is 5.32 Å². The summed E-state index contributed by atoms with van der Waals surface area (Å²) in [5.41, 5.74) is 0. The van der Waals surface area contributed by atoms with E-state index in [1.165, 1.54) is 0 Å². The van der Waals surface area contributed by atoms with Crippen LogP contribution in [0.4, 0.5) is 0 Å². The molecule has 80 valence electrons. The monoisotopic (exact) mass is 199 g/mol. The molecule has 0 saturated heterocycles. The van der Waals surface area contributed by atoms with Crippen LogP contribution in [0.15, 0.2) is 4.52 Å². The molecular weight excluding hydrogens is 182 g/mol. The van der Waals surface area contributed by atoms with Crippen molar-refractivity contribution in [2.45, 2.75) is 33.4 Å². The molecule has 0 bridgehead atoms. The minimum Gasteiger partial charge on any atom is -0.372 e. The van der Waals surface area contributed by atoms with Gasteiger partial charge >= 0.3 is 0 Å². The summed E-state index contributed by atoms with van der Waals surface area (Å²) in [6.07, 6.45) is 0. The van der Waals surface area contributed by atoms with Gasteiger partial charge in [-0.1, -0.05) is 19.0 Å². The summed E-state index contributed by atoms with van der Waals surface area (Å²) in [7, 11) is 0. The van der Waals surface area contributed by atoms with Gasteiger partial charge in [-0.15, -0.1) is 0 Å². The van der Waals surface area contributed by atoms with Gasteiger partial charge in [0, 0.05) is 19.5 Å². The number of ether oxygens (including phenoxy) is 1. The molecule has 0 spiro atoms. The smallest absolute Gasteiger partial charge is 0.223 e. The van der Waals surface area contributed by atoms with Crippen LogP contribution >= 0.6 is 0 Å². The molecule has 14 heavy (non-hydrogen) atoms. The maximum atomic E-state index is 5.34. The highest BCUT2D eigenvalue weighted by atomic mass is 16.5. The lowest BCUT2D eigenvalue weighted by Gasteiger charge is -2.06. The second-order valence-corrected chi connectivity index (χ2v) is 3.39. The van der Waals surface area contributed by atoms with Crippen LogP contribution in [-0.2, 0) is 11.3 Å². The first-order chi connectivity index (χ1) is 6.68. The second-order valence-electron chi connectivity index (χ2n) is 3.39. The quantitative estimate of drug-likeness (QED) is 0.689. The first-order valence-electron chi connectivity index (χ1n) is 4.79. The predicted octanol–water partition coefficient (Wildman–Crippen LogP) is 0.893. The van der Waals surface area contributed by atoms with E-state index in [1.54, 1.807) is 6.92 Å². The van der Waals surface area contributed by atoms with Gasteiger partial charge in [0.15, 0.2) is 5.82 Å². The van der Waals surface area contributed by atoms with E-state index in [-0.39, 0.29) is 0 Å². The van der Waals surface area contributed by atoms with Crippen molar-refractivity contribution in [3.8, 4) is 0 Å². The van der Waals surface area contributed by atoms with Crippen LogP contribution in [0.1, 0.15) is 25.6 Å². The molecule has 5 nitrogen and oxygen atoms in total. The van der Waals surface area contributed by atoms with Gasteiger partial charge in [-0.3, -0.25) is 0 Å². The average molecular weight is 199 g/mol. The lowest BCUT2D eigenvalue weighted by atomic mass is 10.4. The summed E-state index contributed by atoms with van der Waals surface area (Å²) in [4.78, 5) is 4.02. The third-order valence-electron chi connectivity index (χ3n) is 1.60. The van der Waals surface area contributed by atoms with Crippen molar-refractivity contribution in [1.82, 2.24) is 15.5 Å². The standard InChI is InChI=1S/C9H17N3O2/c1-7(2)10-4-5-13-6-9-11-8(3)14-12-9/h7,10H,4-6H2,1-3H3. The molecule has 0 atom stereocenters. The molecule has 1 heterocycles. The van der Waals surface area contributed by atoms with Crippen LogP contribution in [0.25, 0.3) is 0 Å². The number of rotatable bonds is 6. The minimum atomic E-state index is 0.414. The maximum absolute atomic E-state index is 5.34. The fraction of sp³-hybridized carbons (Fsp3) is 0.778. The molecule has 0 radical (unpaired) electrons. The molecule has 1 N–H and O–H groups in total. The van der Waals surface area contributed by atoms with E-state index in [0.29, 0.717) is 31.0 Å². The summed E-state index contributed by atoms with van der Waals surface area (Å²) in [5, 5.41) is 6.96. The van der Waals surface area contributed by atoms with E-state index in [4.69, 9.17) is 9.26 Å². The number of hydrogen-bond donors (Lipinski definition) is 1. The topological polar surface area (TPSA) is 60.2 Å². The molecule has 0 aliphatic carbocycles. The molecule has 0 aromatic carbocycles. The van der Waals surface area contributed by atoms with Crippen molar-refractivity contribution in [3.05, 3.63) is 11.7 Å². The first kappa shape index (κ1) is 11.1. The summed E-state index contributed by atoms with van der Waals surface area (Å²) >= 11 is 0.